The highest BCUT2D eigenvalue weighted by atomic mass is 35.5. The van der Waals surface area contributed by atoms with Crippen LogP contribution in [0.1, 0.15) is 17.1 Å². The molecule has 2 rings (SSSR count). The Bertz CT molecular complexity index is 615. The topological polar surface area (TPSA) is 63.8 Å². The molecule has 0 aliphatic rings. The molecule has 19 heavy (non-hydrogen) atoms. The molecule has 0 amide bonds. The molecule has 0 aliphatic heterocycles. The molecule has 1 aromatic heterocycles. The third kappa shape index (κ3) is 3.62. The van der Waals surface area contributed by atoms with E-state index in [1.165, 1.54) is 0 Å². The lowest BCUT2D eigenvalue weighted by molar-refractivity contribution is 0.955. The van der Waals surface area contributed by atoms with E-state index in [4.69, 9.17) is 29.6 Å². The summed E-state index contributed by atoms with van der Waals surface area (Å²) in [6, 6.07) is 7.21. The number of nitrogens with two attached hydrogens (primary N) is 1. The number of rotatable bonds is 4. The van der Waals surface area contributed by atoms with E-state index < -0.39 is 0 Å². The smallest absolute Gasteiger partial charge is 0.125 e. The van der Waals surface area contributed by atoms with Crippen molar-refractivity contribution in [3.8, 4) is 0 Å². The van der Waals surface area contributed by atoms with Crippen LogP contribution in [-0.2, 0) is 6.54 Å². The summed E-state index contributed by atoms with van der Waals surface area (Å²) in [5, 5.41) is 3.86. The summed E-state index contributed by atoms with van der Waals surface area (Å²) in [5.74, 6) is 0.736. The van der Waals surface area contributed by atoms with Gasteiger partial charge in [0.1, 0.15) is 10.8 Å². The van der Waals surface area contributed by atoms with Crippen LogP contribution in [0.3, 0.4) is 0 Å². The zero-order valence-electron chi connectivity index (χ0n) is 10.4. The Morgan fingerprint density at radius 2 is 2.21 bits per heavy atom. The summed E-state index contributed by atoms with van der Waals surface area (Å²) in [7, 11) is 0. The van der Waals surface area contributed by atoms with Crippen molar-refractivity contribution in [1.82, 2.24) is 9.97 Å². The van der Waals surface area contributed by atoms with Gasteiger partial charge >= 0.3 is 0 Å². The Morgan fingerprint density at radius 1 is 1.42 bits per heavy atom. The fraction of sp³-hybridized carbons (Fsp3) is 0.154. The Hall–Kier alpha value is -1.72. The number of aromatic nitrogens is 2. The molecule has 0 radical (unpaired) electrons. The van der Waals surface area contributed by atoms with Gasteiger partial charge in [-0.2, -0.15) is 0 Å². The molecule has 0 saturated heterocycles. The number of aryl methyl sites for hydroxylation is 1. The van der Waals surface area contributed by atoms with E-state index >= 15 is 0 Å². The first-order chi connectivity index (χ1) is 9.06. The first kappa shape index (κ1) is 13.7. The van der Waals surface area contributed by atoms with Gasteiger partial charge in [-0.1, -0.05) is 23.8 Å². The normalized spacial score (nSPS) is 10.2. The van der Waals surface area contributed by atoms with E-state index in [2.05, 4.69) is 15.3 Å². The molecule has 2 aromatic rings. The molecule has 98 valence electrons. The van der Waals surface area contributed by atoms with Crippen molar-refractivity contribution in [3.63, 3.8) is 0 Å². The van der Waals surface area contributed by atoms with E-state index in [1.807, 2.05) is 13.0 Å². The molecule has 0 fully saturated rings. The molecule has 0 saturated carbocycles. The van der Waals surface area contributed by atoms with Gasteiger partial charge in [0.25, 0.3) is 0 Å². The van der Waals surface area contributed by atoms with Gasteiger partial charge in [0, 0.05) is 22.5 Å². The van der Waals surface area contributed by atoms with E-state index in [-0.39, 0.29) is 0 Å². The number of halogens is 1. The second-order valence-corrected chi connectivity index (χ2v) is 4.88. The van der Waals surface area contributed by atoms with Crippen LogP contribution in [0, 0.1) is 6.92 Å². The molecule has 1 aromatic carbocycles. The van der Waals surface area contributed by atoms with Crippen molar-refractivity contribution in [3.05, 3.63) is 52.6 Å². The molecule has 1 heterocycles. The van der Waals surface area contributed by atoms with Crippen LogP contribution in [-0.4, -0.2) is 15.0 Å². The van der Waals surface area contributed by atoms with Gasteiger partial charge in [0.2, 0.25) is 0 Å². The third-order valence-electron chi connectivity index (χ3n) is 2.54. The average Bonchev–Trinajstić information content (AvgIpc) is 2.36. The number of anilines is 1. The highest BCUT2D eigenvalue weighted by Crippen LogP contribution is 2.21. The highest BCUT2D eigenvalue weighted by Gasteiger charge is 2.06. The van der Waals surface area contributed by atoms with Gasteiger partial charge in [0.15, 0.2) is 0 Å². The summed E-state index contributed by atoms with van der Waals surface area (Å²) >= 11 is 11.0. The summed E-state index contributed by atoms with van der Waals surface area (Å²) in [5.41, 5.74) is 8.14. The van der Waals surface area contributed by atoms with Crippen molar-refractivity contribution in [2.75, 3.05) is 5.32 Å². The minimum Gasteiger partial charge on any atom is -0.389 e. The van der Waals surface area contributed by atoms with E-state index in [0.717, 1.165) is 22.8 Å². The monoisotopic (exact) mass is 292 g/mol. The maximum atomic E-state index is 5.98. The molecular formula is C13H13ClN4S. The van der Waals surface area contributed by atoms with E-state index in [9.17, 15) is 0 Å². The Labute approximate surface area is 122 Å². The predicted molar refractivity (Wildman–Crippen MR) is 81.4 cm³/mol. The first-order valence-corrected chi connectivity index (χ1v) is 6.46. The van der Waals surface area contributed by atoms with Crippen molar-refractivity contribution < 1.29 is 0 Å². The molecule has 0 bridgehead atoms. The van der Waals surface area contributed by atoms with Gasteiger partial charge in [-0.3, -0.25) is 0 Å². The largest absolute Gasteiger partial charge is 0.389 e. The van der Waals surface area contributed by atoms with Crippen molar-refractivity contribution in [2.24, 2.45) is 5.73 Å². The Balaban J connectivity index is 2.19. The van der Waals surface area contributed by atoms with Crippen LogP contribution in [0.4, 0.5) is 5.69 Å². The summed E-state index contributed by atoms with van der Waals surface area (Å²) in [6.07, 6.45) is 1.73. The Kier molecular flexibility index (Phi) is 4.29. The zero-order chi connectivity index (χ0) is 13.8. The number of nitrogens with one attached hydrogen (secondary N) is 1. The third-order valence-corrected chi connectivity index (χ3v) is 3.00. The number of hydrogen-bond acceptors (Lipinski definition) is 4. The molecule has 6 heteroatoms. The molecular weight excluding hydrogens is 280 g/mol. The van der Waals surface area contributed by atoms with Crippen molar-refractivity contribution in [1.29, 1.82) is 0 Å². The number of nitrogens with zero attached hydrogens (tertiary/aromatic N) is 2. The molecule has 0 spiro atoms. The maximum Gasteiger partial charge on any atom is 0.125 e. The lowest BCUT2D eigenvalue weighted by atomic mass is 10.1. The SMILES string of the molecule is Cc1nccc(CNc2cc(Cl)ccc2C(N)=S)n1. The Morgan fingerprint density at radius 3 is 2.89 bits per heavy atom. The van der Waals surface area contributed by atoms with Gasteiger partial charge in [-0.05, 0) is 31.2 Å². The number of benzene rings is 1. The van der Waals surface area contributed by atoms with Crippen LogP contribution in [0.5, 0.6) is 0 Å². The predicted octanol–water partition coefficient (Wildman–Crippen LogP) is 2.68. The summed E-state index contributed by atoms with van der Waals surface area (Å²) < 4.78 is 0. The quantitative estimate of drug-likeness (QED) is 0.848. The van der Waals surface area contributed by atoms with Gasteiger partial charge in [-0.25, -0.2) is 9.97 Å². The minimum absolute atomic E-state index is 0.332. The second-order valence-electron chi connectivity index (χ2n) is 4.00. The minimum atomic E-state index is 0.332. The summed E-state index contributed by atoms with van der Waals surface area (Å²) in [4.78, 5) is 8.70. The molecule has 3 N–H and O–H groups in total. The lowest BCUT2D eigenvalue weighted by Crippen LogP contribution is -2.13. The van der Waals surface area contributed by atoms with Gasteiger partial charge in [0.05, 0.1) is 12.2 Å². The average molecular weight is 293 g/mol. The van der Waals surface area contributed by atoms with E-state index in [1.54, 1.807) is 24.4 Å². The first-order valence-electron chi connectivity index (χ1n) is 5.68. The number of thiocarbonyl (C=S) groups is 1. The van der Waals surface area contributed by atoms with E-state index in [0.29, 0.717) is 16.6 Å². The number of hydrogen-bond donors (Lipinski definition) is 2. The second kappa shape index (κ2) is 5.95. The van der Waals surface area contributed by atoms with Crippen molar-refractivity contribution in [2.45, 2.75) is 13.5 Å². The molecule has 4 nitrogen and oxygen atoms in total. The van der Waals surface area contributed by atoms with Crippen LogP contribution in [0.25, 0.3) is 0 Å². The van der Waals surface area contributed by atoms with Crippen LogP contribution >= 0.6 is 23.8 Å². The van der Waals surface area contributed by atoms with Gasteiger partial charge in [-0.15, -0.1) is 0 Å². The van der Waals surface area contributed by atoms with Crippen LogP contribution in [0.15, 0.2) is 30.5 Å². The molecule has 0 unspecified atom stereocenters. The van der Waals surface area contributed by atoms with Crippen LogP contribution < -0.4 is 11.1 Å². The van der Waals surface area contributed by atoms with Crippen molar-refractivity contribution >= 4 is 34.5 Å². The zero-order valence-corrected chi connectivity index (χ0v) is 11.9. The summed E-state index contributed by atoms with van der Waals surface area (Å²) in [6.45, 7) is 2.41. The molecule has 0 aliphatic carbocycles. The highest BCUT2D eigenvalue weighted by molar-refractivity contribution is 7.80. The fourth-order valence-electron chi connectivity index (χ4n) is 1.67. The van der Waals surface area contributed by atoms with Crippen LogP contribution in [0.2, 0.25) is 5.02 Å². The van der Waals surface area contributed by atoms with Gasteiger partial charge < -0.3 is 11.1 Å². The fourth-order valence-corrected chi connectivity index (χ4v) is 2.02. The molecule has 0 atom stereocenters. The standard InChI is InChI=1S/C13H13ClN4S/c1-8-16-5-4-10(18-8)7-17-12-6-9(14)2-3-11(12)13(15)19/h2-6,17H,7H2,1H3,(H2,15,19). The maximum absolute atomic E-state index is 5.98. The lowest BCUT2D eigenvalue weighted by Gasteiger charge is -2.11.